The topological polar surface area (TPSA) is 58.3 Å². The van der Waals surface area contributed by atoms with Crippen LogP contribution in [0.15, 0.2) is 103 Å². The standard InChI is InChI=1S/C27H19ClN2O2/c28-21-7-4-8-22(17-21)30-27(20-11-15-24(32)16-12-20)25(18-5-2-1-3-6-18)26(29-30)19-9-13-23(31)14-10-19/h1-17,31-32H. The van der Waals surface area contributed by atoms with Gasteiger partial charge in [-0.3, -0.25) is 0 Å². The second-order valence-electron chi connectivity index (χ2n) is 7.42. The van der Waals surface area contributed by atoms with Crippen LogP contribution in [0.3, 0.4) is 0 Å². The first-order valence-electron chi connectivity index (χ1n) is 10.1. The summed E-state index contributed by atoms with van der Waals surface area (Å²) in [5.41, 5.74) is 6.21. The molecular formula is C27H19ClN2O2. The van der Waals surface area contributed by atoms with Gasteiger partial charge in [-0.2, -0.15) is 5.10 Å². The number of aromatic nitrogens is 2. The van der Waals surface area contributed by atoms with Crippen molar-refractivity contribution in [2.75, 3.05) is 0 Å². The molecule has 0 spiro atoms. The maximum absolute atomic E-state index is 9.86. The van der Waals surface area contributed by atoms with Gasteiger partial charge >= 0.3 is 0 Å². The number of aromatic hydroxyl groups is 2. The summed E-state index contributed by atoms with van der Waals surface area (Å²) in [6, 6.07) is 31.7. The molecule has 0 atom stereocenters. The molecule has 0 amide bonds. The van der Waals surface area contributed by atoms with Crippen LogP contribution >= 0.6 is 11.6 Å². The SMILES string of the molecule is Oc1ccc(-c2nn(-c3cccc(Cl)c3)c(-c3ccc(O)cc3)c2-c2ccccc2)cc1. The number of rotatable bonds is 4. The molecule has 4 aromatic carbocycles. The Balaban J connectivity index is 1.88. The van der Waals surface area contributed by atoms with Crippen molar-refractivity contribution in [3.8, 4) is 50.8 Å². The van der Waals surface area contributed by atoms with Gasteiger partial charge in [0.2, 0.25) is 0 Å². The van der Waals surface area contributed by atoms with Gasteiger partial charge in [0, 0.05) is 21.7 Å². The first kappa shape index (κ1) is 19.9. The van der Waals surface area contributed by atoms with E-state index in [-0.39, 0.29) is 11.5 Å². The van der Waals surface area contributed by atoms with Gasteiger partial charge in [-0.25, -0.2) is 4.68 Å². The molecule has 0 aliphatic rings. The zero-order valence-corrected chi connectivity index (χ0v) is 17.7. The Morgan fingerprint density at radius 1 is 0.625 bits per heavy atom. The summed E-state index contributed by atoms with van der Waals surface area (Å²) >= 11 is 6.31. The summed E-state index contributed by atoms with van der Waals surface area (Å²) in [4.78, 5) is 0. The molecule has 156 valence electrons. The van der Waals surface area contributed by atoms with Crippen molar-refractivity contribution in [2.45, 2.75) is 0 Å². The van der Waals surface area contributed by atoms with Crippen molar-refractivity contribution >= 4 is 11.6 Å². The van der Waals surface area contributed by atoms with Gasteiger partial charge in [0.1, 0.15) is 17.2 Å². The van der Waals surface area contributed by atoms with Crippen LogP contribution < -0.4 is 0 Å². The van der Waals surface area contributed by atoms with Gasteiger partial charge < -0.3 is 10.2 Å². The number of benzene rings is 4. The number of hydrogen-bond donors (Lipinski definition) is 2. The van der Waals surface area contributed by atoms with E-state index in [0.29, 0.717) is 5.02 Å². The average molecular weight is 439 g/mol. The summed E-state index contributed by atoms with van der Waals surface area (Å²) in [5, 5.41) is 25.3. The molecular weight excluding hydrogens is 420 g/mol. The van der Waals surface area contributed by atoms with E-state index < -0.39 is 0 Å². The minimum Gasteiger partial charge on any atom is -0.508 e. The third kappa shape index (κ3) is 3.72. The van der Waals surface area contributed by atoms with Crippen LogP contribution in [0.25, 0.3) is 39.3 Å². The van der Waals surface area contributed by atoms with Crippen LogP contribution in [0.5, 0.6) is 11.5 Å². The van der Waals surface area contributed by atoms with Crippen LogP contribution in [0.2, 0.25) is 5.02 Å². The Morgan fingerprint density at radius 3 is 1.88 bits per heavy atom. The number of halogens is 1. The van der Waals surface area contributed by atoms with Crippen molar-refractivity contribution in [1.82, 2.24) is 9.78 Å². The van der Waals surface area contributed by atoms with Crippen molar-refractivity contribution < 1.29 is 10.2 Å². The Bertz CT molecular complexity index is 1380. The van der Waals surface area contributed by atoms with Crippen LogP contribution in [0, 0.1) is 0 Å². The molecule has 5 heteroatoms. The molecule has 4 nitrogen and oxygen atoms in total. The first-order valence-corrected chi connectivity index (χ1v) is 10.5. The van der Waals surface area contributed by atoms with Crippen LogP contribution in [0.1, 0.15) is 0 Å². The van der Waals surface area contributed by atoms with E-state index in [1.807, 2.05) is 83.5 Å². The minimum absolute atomic E-state index is 0.197. The van der Waals surface area contributed by atoms with Crippen molar-refractivity contribution in [3.05, 3.63) is 108 Å². The molecule has 0 saturated carbocycles. The molecule has 0 bridgehead atoms. The van der Waals surface area contributed by atoms with E-state index in [1.54, 1.807) is 24.3 Å². The molecule has 0 radical (unpaired) electrons. The molecule has 5 aromatic rings. The zero-order chi connectivity index (χ0) is 22.1. The van der Waals surface area contributed by atoms with Crippen LogP contribution in [-0.4, -0.2) is 20.0 Å². The molecule has 2 N–H and O–H groups in total. The van der Waals surface area contributed by atoms with Gasteiger partial charge in [0.05, 0.1) is 11.4 Å². The lowest BCUT2D eigenvalue weighted by molar-refractivity contribution is 0.475. The second-order valence-corrected chi connectivity index (χ2v) is 7.86. The van der Waals surface area contributed by atoms with E-state index >= 15 is 0 Å². The molecule has 0 aliphatic carbocycles. The lowest BCUT2D eigenvalue weighted by Crippen LogP contribution is -1.99. The fourth-order valence-corrected chi connectivity index (χ4v) is 3.98. The molecule has 0 fully saturated rings. The maximum Gasteiger partial charge on any atom is 0.115 e. The molecule has 0 unspecified atom stereocenters. The quantitative estimate of drug-likeness (QED) is 0.319. The Morgan fingerprint density at radius 2 is 1.25 bits per heavy atom. The highest BCUT2D eigenvalue weighted by molar-refractivity contribution is 6.30. The number of hydrogen-bond acceptors (Lipinski definition) is 3. The van der Waals surface area contributed by atoms with Crippen LogP contribution in [0.4, 0.5) is 0 Å². The third-order valence-electron chi connectivity index (χ3n) is 5.28. The predicted molar refractivity (Wildman–Crippen MR) is 128 cm³/mol. The lowest BCUT2D eigenvalue weighted by Gasteiger charge is -2.11. The van der Waals surface area contributed by atoms with E-state index in [9.17, 15) is 10.2 Å². The first-order chi connectivity index (χ1) is 15.6. The molecule has 32 heavy (non-hydrogen) atoms. The van der Waals surface area contributed by atoms with Gasteiger partial charge in [-0.05, 0) is 72.3 Å². The highest BCUT2D eigenvalue weighted by Gasteiger charge is 2.23. The maximum atomic E-state index is 9.86. The van der Waals surface area contributed by atoms with Crippen molar-refractivity contribution in [3.63, 3.8) is 0 Å². The second kappa shape index (κ2) is 8.25. The molecule has 0 aliphatic heterocycles. The highest BCUT2D eigenvalue weighted by atomic mass is 35.5. The Labute approximate surface area is 190 Å². The number of phenolic OH excluding ortho intramolecular Hbond substituents is 2. The highest BCUT2D eigenvalue weighted by Crippen LogP contribution is 2.42. The van der Waals surface area contributed by atoms with E-state index in [0.717, 1.165) is 39.3 Å². The lowest BCUT2D eigenvalue weighted by atomic mass is 9.95. The van der Waals surface area contributed by atoms with Crippen molar-refractivity contribution in [1.29, 1.82) is 0 Å². The predicted octanol–water partition coefficient (Wildman–Crippen LogP) is 6.94. The Hall–Kier alpha value is -4.02. The smallest absolute Gasteiger partial charge is 0.115 e. The van der Waals surface area contributed by atoms with E-state index in [4.69, 9.17) is 16.7 Å². The molecule has 0 saturated heterocycles. The number of phenols is 2. The average Bonchev–Trinajstić information content (AvgIpc) is 3.21. The van der Waals surface area contributed by atoms with Gasteiger partial charge in [0.25, 0.3) is 0 Å². The van der Waals surface area contributed by atoms with E-state index in [2.05, 4.69) is 0 Å². The van der Waals surface area contributed by atoms with Crippen LogP contribution in [-0.2, 0) is 0 Å². The van der Waals surface area contributed by atoms with Gasteiger partial charge in [0.15, 0.2) is 0 Å². The Kier molecular flexibility index (Phi) is 5.13. The summed E-state index contributed by atoms with van der Waals surface area (Å²) in [6.45, 7) is 0. The summed E-state index contributed by atoms with van der Waals surface area (Å²) in [7, 11) is 0. The zero-order valence-electron chi connectivity index (χ0n) is 17.0. The van der Waals surface area contributed by atoms with E-state index in [1.165, 1.54) is 0 Å². The van der Waals surface area contributed by atoms with Gasteiger partial charge in [-0.15, -0.1) is 0 Å². The van der Waals surface area contributed by atoms with Gasteiger partial charge in [-0.1, -0.05) is 48.0 Å². The fraction of sp³-hybridized carbons (Fsp3) is 0. The summed E-state index contributed by atoms with van der Waals surface area (Å²) < 4.78 is 1.88. The number of nitrogens with zero attached hydrogens (tertiary/aromatic N) is 2. The summed E-state index contributed by atoms with van der Waals surface area (Å²) in [5.74, 6) is 0.394. The minimum atomic E-state index is 0.197. The largest absolute Gasteiger partial charge is 0.508 e. The van der Waals surface area contributed by atoms with Crippen molar-refractivity contribution in [2.24, 2.45) is 0 Å². The molecule has 1 aromatic heterocycles. The summed E-state index contributed by atoms with van der Waals surface area (Å²) in [6.07, 6.45) is 0. The molecule has 1 heterocycles. The molecule has 5 rings (SSSR count). The monoisotopic (exact) mass is 438 g/mol. The normalized spacial score (nSPS) is 10.9. The fourth-order valence-electron chi connectivity index (χ4n) is 3.80. The third-order valence-corrected chi connectivity index (χ3v) is 5.52.